The molecule has 0 saturated heterocycles. The summed E-state index contributed by atoms with van der Waals surface area (Å²) >= 11 is 6.18. The van der Waals surface area contributed by atoms with Gasteiger partial charge in [-0.25, -0.2) is 18.7 Å². The van der Waals surface area contributed by atoms with E-state index < -0.39 is 17.1 Å². The van der Waals surface area contributed by atoms with E-state index in [1.165, 1.54) is 29.1 Å². The number of hydrogen-bond acceptors (Lipinski definition) is 4. The number of nitrogens with zero attached hydrogens (tertiary/aromatic N) is 5. The highest BCUT2D eigenvalue weighted by Gasteiger charge is 2.21. The van der Waals surface area contributed by atoms with E-state index in [4.69, 9.17) is 11.6 Å². The van der Waals surface area contributed by atoms with Gasteiger partial charge in [-0.2, -0.15) is 5.26 Å². The van der Waals surface area contributed by atoms with Gasteiger partial charge >= 0.3 is 5.69 Å². The highest BCUT2D eigenvalue weighted by atomic mass is 35.5. The average Bonchev–Trinajstić information content (AvgIpc) is 3.26. The van der Waals surface area contributed by atoms with Crippen LogP contribution in [0.3, 0.4) is 0 Å². The standard InChI is InChI=1S/C26H17ClFN5O2/c27-20-9-5-10-21(12-20)33-24-23(31(16-30-24)14-18-7-2-1-6-17(18)13-29)25(34)32(26(33)35)15-19-8-3-4-11-22(19)28/h1-12,16H,14-15H2. The Hall–Kier alpha value is -4.48. The van der Waals surface area contributed by atoms with Crippen LogP contribution in [0.2, 0.25) is 5.02 Å². The molecule has 2 aromatic heterocycles. The molecule has 0 spiro atoms. The van der Waals surface area contributed by atoms with Crippen LogP contribution in [0.25, 0.3) is 16.9 Å². The summed E-state index contributed by atoms with van der Waals surface area (Å²) in [5.74, 6) is -0.523. The second kappa shape index (κ2) is 9.05. The van der Waals surface area contributed by atoms with Gasteiger partial charge in [0.15, 0.2) is 11.2 Å². The smallest absolute Gasteiger partial charge is 0.320 e. The molecule has 5 aromatic rings. The summed E-state index contributed by atoms with van der Waals surface area (Å²) in [7, 11) is 0. The number of imidazole rings is 1. The second-order valence-electron chi connectivity index (χ2n) is 7.89. The predicted octanol–water partition coefficient (Wildman–Crippen LogP) is 4.11. The summed E-state index contributed by atoms with van der Waals surface area (Å²) < 4.78 is 18.3. The molecule has 35 heavy (non-hydrogen) atoms. The lowest BCUT2D eigenvalue weighted by Gasteiger charge is -2.13. The number of aromatic nitrogens is 4. The van der Waals surface area contributed by atoms with E-state index in [1.807, 2.05) is 0 Å². The van der Waals surface area contributed by atoms with Crippen molar-refractivity contribution in [3.63, 3.8) is 0 Å². The van der Waals surface area contributed by atoms with Gasteiger partial charge < -0.3 is 4.57 Å². The third-order valence-corrected chi connectivity index (χ3v) is 5.97. The van der Waals surface area contributed by atoms with Gasteiger partial charge in [0.05, 0.1) is 36.7 Å². The first-order valence-corrected chi connectivity index (χ1v) is 11.0. The topological polar surface area (TPSA) is 85.6 Å². The minimum atomic E-state index is -0.671. The highest BCUT2D eigenvalue weighted by Crippen LogP contribution is 2.19. The molecular weight excluding hydrogens is 469 g/mol. The van der Waals surface area contributed by atoms with Crippen LogP contribution in [-0.4, -0.2) is 18.7 Å². The highest BCUT2D eigenvalue weighted by molar-refractivity contribution is 6.30. The first-order chi connectivity index (χ1) is 17.0. The fourth-order valence-corrected chi connectivity index (χ4v) is 4.22. The minimum absolute atomic E-state index is 0.140. The largest absolute Gasteiger partial charge is 0.337 e. The van der Waals surface area contributed by atoms with E-state index in [1.54, 1.807) is 59.2 Å². The Bertz CT molecular complexity index is 1750. The monoisotopic (exact) mass is 485 g/mol. The van der Waals surface area contributed by atoms with Gasteiger partial charge in [-0.15, -0.1) is 0 Å². The van der Waals surface area contributed by atoms with Crippen molar-refractivity contribution in [3.05, 3.63) is 127 Å². The molecule has 3 aromatic carbocycles. The van der Waals surface area contributed by atoms with Gasteiger partial charge in [-0.1, -0.05) is 54.1 Å². The summed E-state index contributed by atoms with van der Waals surface area (Å²) in [4.78, 5) is 31.6. The van der Waals surface area contributed by atoms with E-state index in [-0.39, 0.29) is 29.8 Å². The zero-order chi connectivity index (χ0) is 24.5. The molecule has 0 bridgehead atoms. The fourth-order valence-electron chi connectivity index (χ4n) is 4.03. The molecule has 0 aliphatic carbocycles. The molecule has 0 aliphatic rings. The number of nitriles is 1. The number of hydrogen-bond donors (Lipinski definition) is 0. The van der Waals surface area contributed by atoms with Crippen LogP contribution in [0.5, 0.6) is 0 Å². The lowest BCUT2D eigenvalue weighted by atomic mass is 10.1. The van der Waals surface area contributed by atoms with Crippen molar-refractivity contribution in [2.75, 3.05) is 0 Å². The maximum Gasteiger partial charge on any atom is 0.337 e. The van der Waals surface area contributed by atoms with Crippen molar-refractivity contribution in [2.24, 2.45) is 0 Å². The van der Waals surface area contributed by atoms with Crippen molar-refractivity contribution < 1.29 is 4.39 Å². The van der Waals surface area contributed by atoms with Crippen molar-refractivity contribution in [2.45, 2.75) is 13.1 Å². The zero-order valence-electron chi connectivity index (χ0n) is 18.2. The van der Waals surface area contributed by atoms with Crippen LogP contribution in [0, 0.1) is 17.1 Å². The molecule has 0 unspecified atom stereocenters. The molecule has 172 valence electrons. The SMILES string of the molecule is N#Cc1ccccc1Cn1cnc2c1c(=O)n(Cc1ccccc1F)c(=O)n2-c1cccc(Cl)c1. The van der Waals surface area contributed by atoms with Gasteiger partial charge in [0.25, 0.3) is 5.56 Å². The molecule has 0 atom stereocenters. The molecule has 0 saturated carbocycles. The maximum absolute atomic E-state index is 14.4. The van der Waals surface area contributed by atoms with Crippen LogP contribution in [0.4, 0.5) is 4.39 Å². The van der Waals surface area contributed by atoms with Crippen molar-refractivity contribution in [1.29, 1.82) is 5.26 Å². The van der Waals surface area contributed by atoms with E-state index in [9.17, 15) is 19.2 Å². The molecule has 0 radical (unpaired) electrons. The minimum Gasteiger partial charge on any atom is -0.320 e. The zero-order valence-corrected chi connectivity index (χ0v) is 19.0. The maximum atomic E-state index is 14.4. The molecule has 0 fully saturated rings. The molecule has 0 N–H and O–H groups in total. The first kappa shape index (κ1) is 22.3. The Balaban J connectivity index is 1.79. The van der Waals surface area contributed by atoms with Gasteiger partial charge in [0, 0.05) is 10.6 Å². The Labute approximate surface area is 203 Å². The summed E-state index contributed by atoms with van der Waals surface area (Å²) in [6, 6.07) is 21.8. The van der Waals surface area contributed by atoms with Crippen molar-refractivity contribution in [1.82, 2.24) is 18.7 Å². The molecule has 2 heterocycles. The summed E-state index contributed by atoms with van der Waals surface area (Å²) in [6.45, 7) is -0.0796. The van der Waals surface area contributed by atoms with Crippen molar-refractivity contribution >= 4 is 22.8 Å². The van der Waals surface area contributed by atoms with Crippen LogP contribution in [-0.2, 0) is 13.1 Å². The quantitative estimate of drug-likeness (QED) is 0.375. The second-order valence-corrected chi connectivity index (χ2v) is 8.33. The number of rotatable bonds is 5. The number of fused-ring (bicyclic) bond motifs is 1. The number of benzene rings is 3. The lowest BCUT2D eigenvalue weighted by Crippen LogP contribution is -2.40. The van der Waals surface area contributed by atoms with Crippen LogP contribution >= 0.6 is 11.6 Å². The summed E-state index contributed by atoms with van der Waals surface area (Å²) in [5, 5.41) is 9.87. The molecule has 0 amide bonds. The number of halogens is 2. The third kappa shape index (κ3) is 4.03. The molecular formula is C26H17ClFN5O2. The van der Waals surface area contributed by atoms with Crippen LogP contribution < -0.4 is 11.2 Å². The first-order valence-electron chi connectivity index (χ1n) is 10.7. The molecule has 5 rings (SSSR count). The lowest BCUT2D eigenvalue weighted by molar-refractivity contribution is 0.586. The Kier molecular flexibility index (Phi) is 5.77. The Morgan fingerprint density at radius 1 is 0.943 bits per heavy atom. The van der Waals surface area contributed by atoms with Crippen LogP contribution in [0.1, 0.15) is 16.7 Å². The molecule has 0 aliphatic heterocycles. The van der Waals surface area contributed by atoms with E-state index in [0.29, 0.717) is 21.8 Å². The molecule has 9 heteroatoms. The predicted molar refractivity (Wildman–Crippen MR) is 130 cm³/mol. The van der Waals surface area contributed by atoms with E-state index >= 15 is 0 Å². The normalized spacial score (nSPS) is 11.0. The summed E-state index contributed by atoms with van der Waals surface area (Å²) in [5.41, 5.74) is 0.769. The van der Waals surface area contributed by atoms with Gasteiger partial charge in [-0.05, 0) is 35.9 Å². The molecule has 7 nitrogen and oxygen atoms in total. The van der Waals surface area contributed by atoms with Crippen molar-refractivity contribution in [3.8, 4) is 11.8 Å². The average molecular weight is 486 g/mol. The Morgan fingerprint density at radius 2 is 1.69 bits per heavy atom. The van der Waals surface area contributed by atoms with Crippen LogP contribution in [0.15, 0.2) is 88.7 Å². The summed E-state index contributed by atoms with van der Waals surface area (Å²) in [6.07, 6.45) is 1.45. The van der Waals surface area contributed by atoms with Gasteiger partial charge in [0.2, 0.25) is 0 Å². The van der Waals surface area contributed by atoms with Gasteiger partial charge in [-0.3, -0.25) is 9.36 Å². The fraction of sp³-hybridized carbons (Fsp3) is 0.0769. The van der Waals surface area contributed by atoms with E-state index in [0.717, 1.165) is 4.57 Å². The Morgan fingerprint density at radius 3 is 2.43 bits per heavy atom. The van der Waals surface area contributed by atoms with Gasteiger partial charge in [0.1, 0.15) is 5.82 Å². The third-order valence-electron chi connectivity index (χ3n) is 5.73. The van der Waals surface area contributed by atoms with E-state index in [2.05, 4.69) is 11.1 Å².